The molecule has 0 fully saturated rings. The molecule has 9 nitrogen and oxygen atoms in total. The maximum Gasteiger partial charge on any atom is 0.295 e. The molecule has 0 saturated heterocycles. The van der Waals surface area contributed by atoms with Crippen LogP contribution in [-0.4, -0.2) is 31.6 Å². The Hall–Kier alpha value is -4.15. The number of amides is 2. The molecule has 0 spiro atoms. The van der Waals surface area contributed by atoms with Gasteiger partial charge in [-0.25, -0.2) is 18.4 Å². The molecule has 0 aliphatic heterocycles. The summed E-state index contributed by atoms with van der Waals surface area (Å²) < 4.78 is 26.8. The summed E-state index contributed by atoms with van der Waals surface area (Å²) in [6, 6.07) is 10.4. The number of hydrazine groups is 1. The number of halogens is 2. The molecule has 0 saturated carbocycles. The van der Waals surface area contributed by atoms with E-state index < -0.39 is 24.1 Å². The second kappa shape index (κ2) is 8.17. The number of hydrogen-bond acceptors (Lipinski definition) is 5. The lowest BCUT2D eigenvalue weighted by atomic mass is 10.1. The van der Waals surface area contributed by atoms with E-state index in [1.807, 2.05) is 0 Å². The van der Waals surface area contributed by atoms with Crippen LogP contribution < -0.4 is 16.4 Å². The molecule has 11 heteroatoms. The van der Waals surface area contributed by atoms with Crippen molar-refractivity contribution >= 4 is 33.6 Å². The Bertz CT molecular complexity index is 1410. The number of benzene rings is 2. The summed E-state index contributed by atoms with van der Waals surface area (Å²) in [5, 5.41) is 4.84. The summed E-state index contributed by atoms with van der Waals surface area (Å²) in [5.41, 5.74) is 4.86. The Morgan fingerprint density at radius 2 is 1.72 bits per heavy atom. The van der Waals surface area contributed by atoms with Gasteiger partial charge in [0.1, 0.15) is 0 Å². The second-order valence-corrected chi connectivity index (χ2v) is 7.30. The Morgan fingerprint density at radius 3 is 2.41 bits per heavy atom. The van der Waals surface area contributed by atoms with Crippen molar-refractivity contribution in [2.45, 2.75) is 26.3 Å². The SMILES string of the molecule is CC(C)n1nc(C(=O)NNC(=O)c2ccc3nc(C(F)F)[nH]c3c2)c2ccccc2c1=O. The zero-order chi connectivity index (χ0) is 23.0. The van der Waals surface area contributed by atoms with Gasteiger partial charge < -0.3 is 4.98 Å². The molecule has 4 aromatic rings. The number of aromatic nitrogens is 4. The Balaban J connectivity index is 1.58. The van der Waals surface area contributed by atoms with Gasteiger partial charge in [-0.2, -0.15) is 5.10 Å². The van der Waals surface area contributed by atoms with Crippen LogP contribution in [0.2, 0.25) is 0 Å². The maximum atomic E-state index is 12.8. The van der Waals surface area contributed by atoms with Gasteiger partial charge in [0.05, 0.1) is 22.5 Å². The summed E-state index contributed by atoms with van der Waals surface area (Å²) in [6.45, 7) is 3.52. The van der Waals surface area contributed by atoms with Crippen LogP contribution in [-0.2, 0) is 0 Å². The van der Waals surface area contributed by atoms with Crippen molar-refractivity contribution in [2.75, 3.05) is 0 Å². The van der Waals surface area contributed by atoms with Crippen molar-refractivity contribution < 1.29 is 18.4 Å². The summed E-state index contributed by atoms with van der Waals surface area (Å²) in [4.78, 5) is 44.0. The minimum atomic E-state index is -2.77. The minimum Gasteiger partial charge on any atom is -0.337 e. The van der Waals surface area contributed by atoms with Crippen molar-refractivity contribution in [2.24, 2.45) is 0 Å². The summed E-state index contributed by atoms with van der Waals surface area (Å²) in [5.74, 6) is -1.88. The predicted molar refractivity (Wildman–Crippen MR) is 112 cm³/mol. The molecular formula is C21H18F2N6O3. The fourth-order valence-corrected chi connectivity index (χ4v) is 3.24. The number of hydrogen-bond donors (Lipinski definition) is 3. The fourth-order valence-electron chi connectivity index (χ4n) is 3.24. The van der Waals surface area contributed by atoms with Crippen LogP contribution in [0.25, 0.3) is 21.8 Å². The maximum absolute atomic E-state index is 12.8. The van der Waals surface area contributed by atoms with Gasteiger partial charge in [-0.3, -0.25) is 25.2 Å². The van der Waals surface area contributed by atoms with Gasteiger partial charge in [-0.1, -0.05) is 18.2 Å². The fraction of sp³-hybridized carbons (Fsp3) is 0.190. The molecule has 2 heterocycles. The van der Waals surface area contributed by atoms with E-state index in [2.05, 4.69) is 25.9 Å². The first kappa shape index (κ1) is 21.1. The van der Waals surface area contributed by atoms with Crippen LogP contribution in [0.15, 0.2) is 47.3 Å². The Kier molecular flexibility index (Phi) is 5.39. The molecule has 164 valence electrons. The first-order valence-corrected chi connectivity index (χ1v) is 9.66. The lowest BCUT2D eigenvalue weighted by molar-refractivity contribution is 0.0843. The van der Waals surface area contributed by atoms with Gasteiger partial charge >= 0.3 is 0 Å². The van der Waals surface area contributed by atoms with Crippen LogP contribution in [0.5, 0.6) is 0 Å². The van der Waals surface area contributed by atoms with Crippen LogP contribution in [0.4, 0.5) is 8.78 Å². The normalized spacial score (nSPS) is 11.4. The number of H-pyrrole nitrogens is 1. The van der Waals surface area contributed by atoms with Gasteiger partial charge in [0.15, 0.2) is 11.5 Å². The first-order chi connectivity index (χ1) is 15.3. The summed E-state index contributed by atoms with van der Waals surface area (Å²) in [6.07, 6.45) is -2.77. The van der Waals surface area contributed by atoms with Crippen molar-refractivity contribution in [3.05, 3.63) is 69.9 Å². The molecule has 0 bridgehead atoms. The average molecular weight is 440 g/mol. The number of imidazole rings is 1. The standard InChI is InChI=1S/C21H18F2N6O3/c1-10(2)29-21(32)13-6-4-3-5-12(13)16(28-29)20(31)27-26-19(30)11-7-8-14-15(9-11)25-18(24-14)17(22)23/h3-10,17H,1-2H3,(H,24,25)(H,26,30)(H,27,31). The van der Waals surface area contributed by atoms with Gasteiger partial charge in [0.25, 0.3) is 23.8 Å². The van der Waals surface area contributed by atoms with Crippen molar-refractivity contribution in [1.29, 1.82) is 0 Å². The van der Waals surface area contributed by atoms with Gasteiger partial charge in [0.2, 0.25) is 0 Å². The van der Waals surface area contributed by atoms with E-state index in [0.717, 1.165) is 0 Å². The zero-order valence-electron chi connectivity index (χ0n) is 17.0. The Labute approximate surface area is 179 Å². The number of nitrogens with one attached hydrogen (secondary N) is 3. The van der Waals surface area contributed by atoms with Gasteiger partial charge in [-0.05, 0) is 38.1 Å². The van der Waals surface area contributed by atoms with E-state index >= 15 is 0 Å². The highest BCUT2D eigenvalue weighted by Gasteiger charge is 2.19. The van der Waals surface area contributed by atoms with E-state index in [-0.39, 0.29) is 33.9 Å². The van der Waals surface area contributed by atoms with Crippen molar-refractivity contribution in [1.82, 2.24) is 30.6 Å². The highest BCUT2D eigenvalue weighted by atomic mass is 19.3. The lowest BCUT2D eigenvalue weighted by Crippen LogP contribution is -2.43. The van der Waals surface area contributed by atoms with Gasteiger partial charge in [-0.15, -0.1) is 0 Å². The number of carbonyl (C=O) groups excluding carboxylic acids is 2. The van der Waals surface area contributed by atoms with E-state index in [0.29, 0.717) is 10.8 Å². The number of rotatable bonds is 4. The molecule has 0 aliphatic carbocycles. The number of carbonyl (C=O) groups is 2. The van der Waals surface area contributed by atoms with E-state index in [4.69, 9.17) is 0 Å². The quantitative estimate of drug-likeness (QED) is 0.421. The molecule has 2 aromatic carbocycles. The third-order valence-corrected chi connectivity index (χ3v) is 4.79. The van der Waals surface area contributed by atoms with Crippen LogP contribution in [0.1, 0.15) is 53.0 Å². The molecule has 0 radical (unpaired) electrons. The molecule has 2 aromatic heterocycles. The highest BCUT2D eigenvalue weighted by molar-refractivity contribution is 6.06. The molecule has 4 rings (SSSR count). The van der Waals surface area contributed by atoms with E-state index in [1.54, 1.807) is 38.1 Å². The van der Waals surface area contributed by atoms with Crippen molar-refractivity contribution in [3.8, 4) is 0 Å². The van der Waals surface area contributed by atoms with E-state index in [9.17, 15) is 23.2 Å². The molecule has 0 unspecified atom stereocenters. The second-order valence-electron chi connectivity index (χ2n) is 7.30. The number of alkyl halides is 2. The third kappa shape index (κ3) is 3.80. The summed E-state index contributed by atoms with van der Waals surface area (Å²) >= 11 is 0. The van der Waals surface area contributed by atoms with Crippen LogP contribution in [0.3, 0.4) is 0 Å². The number of aromatic amines is 1. The molecular weight excluding hydrogens is 422 g/mol. The summed E-state index contributed by atoms with van der Waals surface area (Å²) in [7, 11) is 0. The van der Waals surface area contributed by atoms with Gasteiger partial charge in [0, 0.05) is 10.9 Å². The lowest BCUT2D eigenvalue weighted by Gasteiger charge is -2.13. The molecule has 3 N–H and O–H groups in total. The number of fused-ring (bicyclic) bond motifs is 2. The third-order valence-electron chi connectivity index (χ3n) is 4.79. The molecule has 0 atom stereocenters. The largest absolute Gasteiger partial charge is 0.337 e. The van der Waals surface area contributed by atoms with Crippen molar-refractivity contribution in [3.63, 3.8) is 0 Å². The average Bonchev–Trinajstić information content (AvgIpc) is 3.21. The van der Waals surface area contributed by atoms with Crippen LogP contribution in [0, 0.1) is 0 Å². The predicted octanol–water partition coefficient (Wildman–Crippen LogP) is 2.87. The minimum absolute atomic E-state index is 0.0280. The van der Waals surface area contributed by atoms with E-state index in [1.165, 1.54) is 22.9 Å². The molecule has 2 amide bonds. The zero-order valence-corrected chi connectivity index (χ0v) is 17.0. The Morgan fingerprint density at radius 1 is 1.03 bits per heavy atom. The topological polar surface area (TPSA) is 122 Å². The monoisotopic (exact) mass is 440 g/mol. The van der Waals surface area contributed by atoms with Crippen LogP contribution >= 0.6 is 0 Å². The molecule has 0 aliphatic rings. The first-order valence-electron chi connectivity index (χ1n) is 9.66. The number of nitrogens with zero attached hydrogens (tertiary/aromatic N) is 3. The molecule has 32 heavy (non-hydrogen) atoms. The highest BCUT2D eigenvalue weighted by Crippen LogP contribution is 2.20. The smallest absolute Gasteiger partial charge is 0.295 e.